The maximum Gasteiger partial charge on any atom is 0.129 e. The summed E-state index contributed by atoms with van der Waals surface area (Å²) >= 11 is 0. The van der Waals surface area contributed by atoms with Gasteiger partial charge in [-0.25, -0.2) is 0 Å². The van der Waals surface area contributed by atoms with Crippen molar-refractivity contribution in [3.05, 3.63) is 17.7 Å². The molecule has 16 heavy (non-hydrogen) atoms. The summed E-state index contributed by atoms with van der Waals surface area (Å²) in [5.41, 5.74) is 0.976. The Hall–Kier alpha value is -1.42. The van der Waals surface area contributed by atoms with Gasteiger partial charge in [-0.2, -0.15) is 0 Å². The average molecular weight is 224 g/mol. The Morgan fingerprint density at radius 2 is 1.94 bits per heavy atom. The Kier molecular flexibility index (Phi) is 3.19. The van der Waals surface area contributed by atoms with Gasteiger partial charge in [-0.05, 0) is 6.92 Å². The molecule has 0 radical (unpaired) electrons. The highest BCUT2D eigenvalue weighted by Gasteiger charge is 2.23. The summed E-state index contributed by atoms with van der Waals surface area (Å²) in [5, 5.41) is 0. The Bertz CT molecular complexity index is 372. The van der Waals surface area contributed by atoms with E-state index in [0.717, 1.165) is 29.4 Å². The molecule has 4 nitrogen and oxygen atoms in total. The Balaban J connectivity index is 2.18. The maximum atomic E-state index is 5.66. The van der Waals surface area contributed by atoms with Crippen LogP contribution in [-0.4, -0.2) is 33.5 Å². The summed E-state index contributed by atoms with van der Waals surface area (Å²) < 4.78 is 21.2. The molecule has 1 fully saturated rings. The van der Waals surface area contributed by atoms with Crippen LogP contribution < -0.4 is 14.2 Å². The van der Waals surface area contributed by atoms with Crippen LogP contribution in [0.15, 0.2) is 12.1 Å². The third-order valence-corrected chi connectivity index (χ3v) is 2.57. The molecule has 0 aromatic heterocycles. The Morgan fingerprint density at radius 1 is 1.25 bits per heavy atom. The Morgan fingerprint density at radius 3 is 2.50 bits per heavy atom. The van der Waals surface area contributed by atoms with Crippen LogP contribution in [0.3, 0.4) is 0 Å². The molecule has 1 atom stereocenters. The van der Waals surface area contributed by atoms with E-state index in [1.807, 2.05) is 19.1 Å². The van der Waals surface area contributed by atoms with E-state index < -0.39 is 0 Å². The van der Waals surface area contributed by atoms with Gasteiger partial charge < -0.3 is 18.9 Å². The molecular formula is C12H16O4. The van der Waals surface area contributed by atoms with Crippen LogP contribution >= 0.6 is 0 Å². The number of epoxide rings is 1. The molecule has 1 aliphatic rings. The second-order valence-electron chi connectivity index (χ2n) is 3.72. The number of ether oxygens (including phenoxy) is 4. The van der Waals surface area contributed by atoms with Gasteiger partial charge in [0.2, 0.25) is 0 Å². The van der Waals surface area contributed by atoms with Crippen molar-refractivity contribution < 1.29 is 18.9 Å². The van der Waals surface area contributed by atoms with Crippen LogP contribution in [0, 0.1) is 6.92 Å². The summed E-state index contributed by atoms with van der Waals surface area (Å²) in [6, 6.07) is 3.70. The van der Waals surface area contributed by atoms with Crippen LogP contribution in [0.25, 0.3) is 0 Å². The van der Waals surface area contributed by atoms with Crippen LogP contribution in [-0.2, 0) is 4.74 Å². The third-order valence-electron chi connectivity index (χ3n) is 2.57. The van der Waals surface area contributed by atoms with Crippen LogP contribution in [0.2, 0.25) is 0 Å². The minimum Gasteiger partial charge on any atom is -0.496 e. The van der Waals surface area contributed by atoms with E-state index >= 15 is 0 Å². The highest BCUT2D eigenvalue weighted by Crippen LogP contribution is 2.33. The summed E-state index contributed by atoms with van der Waals surface area (Å²) in [7, 11) is 3.26. The first kappa shape index (κ1) is 11.1. The molecule has 1 unspecified atom stereocenters. The Labute approximate surface area is 95.1 Å². The summed E-state index contributed by atoms with van der Waals surface area (Å²) in [6.45, 7) is 3.33. The molecular weight excluding hydrogens is 208 g/mol. The topological polar surface area (TPSA) is 40.2 Å². The van der Waals surface area contributed by atoms with E-state index in [9.17, 15) is 0 Å². The summed E-state index contributed by atoms with van der Waals surface area (Å²) in [4.78, 5) is 0. The highest BCUT2D eigenvalue weighted by atomic mass is 16.6. The fraction of sp³-hybridized carbons (Fsp3) is 0.500. The number of hydrogen-bond donors (Lipinski definition) is 0. The van der Waals surface area contributed by atoms with Gasteiger partial charge in [0.25, 0.3) is 0 Å². The van der Waals surface area contributed by atoms with Crippen molar-refractivity contribution in [3.63, 3.8) is 0 Å². The van der Waals surface area contributed by atoms with Crippen molar-refractivity contribution in [2.45, 2.75) is 13.0 Å². The first-order chi connectivity index (χ1) is 7.74. The molecule has 0 bridgehead atoms. The first-order valence-corrected chi connectivity index (χ1v) is 5.21. The lowest BCUT2D eigenvalue weighted by Crippen LogP contribution is -2.05. The lowest BCUT2D eigenvalue weighted by molar-refractivity contribution is 0.259. The van der Waals surface area contributed by atoms with Crippen molar-refractivity contribution in [1.82, 2.24) is 0 Å². The van der Waals surface area contributed by atoms with Crippen LogP contribution in [0.1, 0.15) is 5.56 Å². The average Bonchev–Trinajstić information content (AvgIpc) is 3.11. The van der Waals surface area contributed by atoms with Gasteiger partial charge in [0.15, 0.2) is 0 Å². The van der Waals surface area contributed by atoms with Gasteiger partial charge in [0.05, 0.1) is 20.8 Å². The molecule has 0 N–H and O–H groups in total. The molecule has 0 spiro atoms. The first-order valence-electron chi connectivity index (χ1n) is 5.21. The number of hydrogen-bond acceptors (Lipinski definition) is 4. The van der Waals surface area contributed by atoms with Gasteiger partial charge in [0.1, 0.15) is 30.0 Å². The third kappa shape index (κ3) is 2.39. The van der Waals surface area contributed by atoms with Gasteiger partial charge in [-0.15, -0.1) is 0 Å². The number of rotatable bonds is 5. The summed E-state index contributed by atoms with van der Waals surface area (Å²) in [5.74, 6) is 2.28. The largest absolute Gasteiger partial charge is 0.496 e. The van der Waals surface area contributed by atoms with Crippen molar-refractivity contribution in [1.29, 1.82) is 0 Å². The van der Waals surface area contributed by atoms with Crippen molar-refractivity contribution in [2.75, 3.05) is 27.4 Å². The zero-order chi connectivity index (χ0) is 11.5. The fourth-order valence-electron chi connectivity index (χ4n) is 1.46. The molecule has 88 valence electrons. The molecule has 0 aliphatic carbocycles. The fourth-order valence-corrected chi connectivity index (χ4v) is 1.46. The van der Waals surface area contributed by atoms with E-state index in [1.54, 1.807) is 14.2 Å². The standard InChI is InChI=1S/C12H16O4/c1-8-11(14-3)4-9(13-2)5-12(8)16-7-10-6-15-10/h4-5,10H,6-7H2,1-3H3. The van der Waals surface area contributed by atoms with Crippen LogP contribution in [0.4, 0.5) is 0 Å². The molecule has 1 aliphatic heterocycles. The minimum absolute atomic E-state index is 0.247. The molecule has 0 amide bonds. The van der Waals surface area contributed by atoms with E-state index in [1.165, 1.54) is 0 Å². The predicted molar refractivity (Wildman–Crippen MR) is 59.5 cm³/mol. The number of benzene rings is 1. The zero-order valence-electron chi connectivity index (χ0n) is 9.78. The van der Waals surface area contributed by atoms with Crippen LogP contribution in [0.5, 0.6) is 17.2 Å². The van der Waals surface area contributed by atoms with E-state index in [4.69, 9.17) is 18.9 Å². The van der Waals surface area contributed by atoms with Gasteiger partial charge >= 0.3 is 0 Å². The monoisotopic (exact) mass is 224 g/mol. The highest BCUT2D eigenvalue weighted by molar-refractivity contribution is 5.49. The quantitative estimate of drug-likeness (QED) is 0.715. The van der Waals surface area contributed by atoms with Gasteiger partial charge in [-0.1, -0.05) is 0 Å². The SMILES string of the molecule is COc1cc(OC)c(C)c(OCC2CO2)c1. The second kappa shape index (κ2) is 4.61. The molecule has 4 heteroatoms. The molecule has 1 aromatic carbocycles. The molecule has 0 saturated carbocycles. The summed E-state index contributed by atoms with van der Waals surface area (Å²) in [6.07, 6.45) is 0.247. The molecule has 1 saturated heterocycles. The minimum atomic E-state index is 0.247. The number of methoxy groups -OCH3 is 2. The predicted octanol–water partition coefficient (Wildman–Crippen LogP) is 1.79. The molecule has 2 rings (SSSR count). The van der Waals surface area contributed by atoms with E-state index in [2.05, 4.69) is 0 Å². The zero-order valence-corrected chi connectivity index (χ0v) is 9.78. The van der Waals surface area contributed by atoms with Gasteiger partial charge in [-0.3, -0.25) is 0 Å². The van der Waals surface area contributed by atoms with E-state index in [0.29, 0.717) is 6.61 Å². The van der Waals surface area contributed by atoms with Crippen molar-refractivity contribution in [2.24, 2.45) is 0 Å². The lowest BCUT2D eigenvalue weighted by Gasteiger charge is -2.13. The van der Waals surface area contributed by atoms with Crippen molar-refractivity contribution in [3.8, 4) is 17.2 Å². The molecule has 1 heterocycles. The normalized spacial score (nSPS) is 18.1. The molecule has 1 aromatic rings. The van der Waals surface area contributed by atoms with E-state index in [-0.39, 0.29) is 6.10 Å². The maximum absolute atomic E-state index is 5.66. The van der Waals surface area contributed by atoms with Gasteiger partial charge in [0, 0.05) is 17.7 Å². The smallest absolute Gasteiger partial charge is 0.129 e. The lowest BCUT2D eigenvalue weighted by atomic mass is 10.2. The second-order valence-corrected chi connectivity index (χ2v) is 3.72. The van der Waals surface area contributed by atoms with Crippen molar-refractivity contribution >= 4 is 0 Å².